The van der Waals surface area contributed by atoms with Crippen molar-refractivity contribution in [1.29, 1.82) is 0 Å². The third-order valence-electron chi connectivity index (χ3n) is 2.24. The highest BCUT2D eigenvalue weighted by Gasteiger charge is 2.20. The number of aromatic nitrogens is 2. The zero-order valence-corrected chi connectivity index (χ0v) is 9.68. The number of hydrogen-bond acceptors (Lipinski definition) is 3. The highest BCUT2D eigenvalue weighted by atomic mass is 35.5. The smallest absolute Gasteiger partial charge is 0.358 e. The maximum absolute atomic E-state index is 11.2. The van der Waals surface area contributed by atoms with Crippen LogP contribution in [-0.2, 0) is 0 Å². The summed E-state index contributed by atoms with van der Waals surface area (Å²) in [7, 11) is 1.39. The maximum atomic E-state index is 11.2. The minimum atomic E-state index is -1.13. The van der Waals surface area contributed by atoms with Crippen molar-refractivity contribution < 1.29 is 14.6 Å². The van der Waals surface area contributed by atoms with Gasteiger partial charge >= 0.3 is 5.97 Å². The van der Waals surface area contributed by atoms with Crippen LogP contribution in [0.4, 0.5) is 0 Å². The topological polar surface area (TPSA) is 64.4 Å². The zero-order chi connectivity index (χ0) is 12.4. The number of aromatic carboxylic acids is 1. The lowest BCUT2D eigenvalue weighted by Gasteiger charge is -2.06. The number of nitrogens with zero attached hydrogens (tertiary/aromatic N) is 2. The predicted octanol–water partition coefficient (Wildman–Crippen LogP) is 2.23. The highest BCUT2D eigenvalue weighted by Crippen LogP contribution is 2.25. The number of benzene rings is 1. The molecule has 0 aliphatic heterocycles. The molecule has 88 valence electrons. The van der Waals surface area contributed by atoms with Crippen molar-refractivity contribution in [3.8, 4) is 11.4 Å². The Morgan fingerprint density at radius 3 is 2.76 bits per heavy atom. The minimum Gasteiger partial charge on any atom is -0.493 e. The zero-order valence-electron chi connectivity index (χ0n) is 8.92. The first-order valence-corrected chi connectivity index (χ1v) is 5.13. The Labute approximate surface area is 102 Å². The second kappa shape index (κ2) is 4.47. The number of carboxylic acid groups (broad SMARTS) is 1. The molecule has 0 saturated carbocycles. The standard InChI is InChI=1S/C11H9ClN2O3/c1-17-9-6-13-14(10(9)11(15)16)8-5-3-2-4-7(8)12/h2-6H,1H3,(H,15,16). The van der Waals surface area contributed by atoms with E-state index in [0.717, 1.165) is 0 Å². The molecule has 1 aromatic carbocycles. The Morgan fingerprint density at radius 2 is 2.18 bits per heavy atom. The van der Waals surface area contributed by atoms with Gasteiger partial charge in [-0.05, 0) is 12.1 Å². The molecular formula is C11H9ClN2O3. The molecule has 6 heteroatoms. The van der Waals surface area contributed by atoms with Crippen molar-refractivity contribution in [1.82, 2.24) is 9.78 Å². The molecule has 0 spiro atoms. The Bertz CT molecular complexity index is 566. The summed E-state index contributed by atoms with van der Waals surface area (Å²) in [5.41, 5.74) is 0.440. The third-order valence-corrected chi connectivity index (χ3v) is 2.56. The summed E-state index contributed by atoms with van der Waals surface area (Å²) in [6.45, 7) is 0. The lowest BCUT2D eigenvalue weighted by molar-refractivity contribution is 0.0683. The minimum absolute atomic E-state index is 0.0550. The van der Waals surface area contributed by atoms with E-state index in [1.807, 2.05) is 0 Å². The number of rotatable bonds is 3. The van der Waals surface area contributed by atoms with E-state index in [4.69, 9.17) is 21.4 Å². The van der Waals surface area contributed by atoms with Crippen LogP contribution in [0.5, 0.6) is 5.75 Å². The summed E-state index contributed by atoms with van der Waals surface area (Å²) in [5.74, 6) is -0.934. The van der Waals surface area contributed by atoms with Crippen LogP contribution in [0, 0.1) is 0 Å². The molecule has 1 aromatic heterocycles. The summed E-state index contributed by atoms with van der Waals surface area (Å²) < 4.78 is 6.18. The van der Waals surface area contributed by atoms with Crippen LogP contribution in [0.2, 0.25) is 5.02 Å². The third kappa shape index (κ3) is 1.97. The molecular weight excluding hydrogens is 244 g/mol. The second-order valence-electron chi connectivity index (χ2n) is 3.23. The van der Waals surface area contributed by atoms with E-state index in [0.29, 0.717) is 10.7 Å². The molecule has 0 fully saturated rings. The Hall–Kier alpha value is -2.01. The number of carbonyl (C=O) groups is 1. The molecule has 2 aromatic rings. The van der Waals surface area contributed by atoms with E-state index < -0.39 is 5.97 Å². The van der Waals surface area contributed by atoms with Gasteiger partial charge in [0.2, 0.25) is 0 Å². The number of halogens is 1. The van der Waals surface area contributed by atoms with E-state index >= 15 is 0 Å². The highest BCUT2D eigenvalue weighted by molar-refractivity contribution is 6.32. The van der Waals surface area contributed by atoms with Gasteiger partial charge in [-0.1, -0.05) is 23.7 Å². The van der Waals surface area contributed by atoms with E-state index in [1.165, 1.54) is 18.0 Å². The van der Waals surface area contributed by atoms with Crippen molar-refractivity contribution in [2.24, 2.45) is 0 Å². The van der Waals surface area contributed by atoms with Gasteiger partial charge in [-0.25, -0.2) is 9.48 Å². The lowest BCUT2D eigenvalue weighted by Crippen LogP contribution is -2.09. The molecule has 0 amide bonds. The summed E-state index contributed by atoms with van der Waals surface area (Å²) in [6, 6.07) is 6.85. The van der Waals surface area contributed by atoms with Gasteiger partial charge in [-0.3, -0.25) is 0 Å². The van der Waals surface area contributed by atoms with E-state index in [2.05, 4.69) is 5.10 Å². The van der Waals surface area contributed by atoms with Gasteiger partial charge in [-0.15, -0.1) is 0 Å². The summed E-state index contributed by atoms with van der Waals surface area (Å²) in [4.78, 5) is 11.2. The predicted molar refractivity (Wildman–Crippen MR) is 62.1 cm³/mol. The summed E-state index contributed by atoms with van der Waals surface area (Å²) in [6.07, 6.45) is 1.34. The molecule has 0 aliphatic carbocycles. The molecule has 0 aliphatic rings. The fourth-order valence-electron chi connectivity index (χ4n) is 1.48. The number of para-hydroxylation sites is 1. The SMILES string of the molecule is COc1cnn(-c2ccccc2Cl)c1C(=O)O. The lowest BCUT2D eigenvalue weighted by atomic mass is 10.3. The van der Waals surface area contributed by atoms with Gasteiger partial charge in [0.1, 0.15) is 0 Å². The van der Waals surface area contributed by atoms with Gasteiger partial charge < -0.3 is 9.84 Å². The quantitative estimate of drug-likeness (QED) is 0.910. The normalized spacial score (nSPS) is 10.2. The molecule has 5 nitrogen and oxygen atoms in total. The van der Waals surface area contributed by atoms with Crippen LogP contribution in [0.25, 0.3) is 5.69 Å². The largest absolute Gasteiger partial charge is 0.493 e. The van der Waals surface area contributed by atoms with Crippen LogP contribution < -0.4 is 4.74 Å². The maximum Gasteiger partial charge on any atom is 0.358 e. The first kappa shape index (κ1) is 11.5. The van der Waals surface area contributed by atoms with Crippen molar-refractivity contribution in [2.45, 2.75) is 0 Å². The number of hydrogen-bond donors (Lipinski definition) is 1. The molecule has 2 rings (SSSR count). The number of methoxy groups -OCH3 is 1. The molecule has 0 atom stereocenters. The van der Waals surface area contributed by atoms with Gasteiger partial charge in [0.05, 0.1) is 24.0 Å². The molecule has 0 bridgehead atoms. The molecule has 0 radical (unpaired) electrons. The Kier molecular flexibility index (Phi) is 3.01. The Balaban J connectivity index is 2.64. The van der Waals surface area contributed by atoms with Crippen molar-refractivity contribution in [2.75, 3.05) is 7.11 Å². The van der Waals surface area contributed by atoms with Gasteiger partial charge in [0.25, 0.3) is 0 Å². The molecule has 0 saturated heterocycles. The van der Waals surface area contributed by atoms with Gasteiger partial charge in [0.15, 0.2) is 11.4 Å². The number of ether oxygens (including phenoxy) is 1. The van der Waals surface area contributed by atoms with E-state index in [1.54, 1.807) is 24.3 Å². The van der Waals surface area contributed by atoms with E-state index in [-0.39, 0.29) is 11.4 Å². The molecule has 17 heavy (non-hydrogen) atoms. The first-order chi connectivity index (χ1) is 8.15. The fraction of sp³-hybridized carbons (Fsp3) is 0.0909. The Morgan fingerprint density at radius 1 is 1.47 bits per heavy atom. The average molecular weight is 253 g/mol. The average Bonchev–Trinajstić information content (AvgIpc) is 2.73. The molecule has 0 unspecified atom stereocenters. The van der Waals surface area contributed by atoms with Crippen molar-refractivity contribution in [3.05, 3.63) is 41.2 Å². The molecule has 1 N–H and O–H groups in total. The van der Waals surface area contributed by atoms with Crippen LogP contribution in [0.15, 0.2) is 30.5 Å². The number of carboxylic acids is 1. The van der Waals surface area contributed by atoms with E-state index in [9.17, 15) is 4.79 Å². The fourth-order valence-corrected chi connectivity index (χ4v) is 1.70. The van der Waals surface area contributed by atoms with Crippen LogP contribution in [0.3, 0.4) is 0 Å². The van der Waals surface area contributed by atoms with Crippen LogP contribution in [-0.4, -0.2) is 28.0 Å². The van der Waals surface area contributed by atoms with Crippen LogP contribution >= 0.6 is 11.6 Å². The summed E-state index contributed by atoms with van der Waals surface area (Å²) in [5, 5.41) is 13.5. The second-order valence-corrected chi connectivity index (χ2v) is 3.64. The van der Waals surface area contributed by atoms with Crippen LogP contribution in [0.1, 0.15) is 10.5 Å². The van der Waals surface area contributed by atoms with Crippen molar-refractivity contribution in [3.63, 3.8) is 0 Å². The van der Waals surface area contributed by atoms with Gasteiger partial charge in [0, 0.05) is 0 Å². The summed E-state index contributed by atoms with van der Waals surface area (Å²) >= 11 is 5.99. The van der Waals surface area contributed by atoms with Crippen molar-refractivity contribution >= 4 is 17.6 Å². The molecule has 1 heterocycles. The van der Waals surface area contributed by atoms with Gasteiger partial charge in [-0.2, -0.15) is 5.10 Å². The monoisotopic (exact) mass is 252 g/mol. The first-order valence-electron chi connectivity index (χ1n) is 4.75.